The zero-order valence-corrected chi connectivity index (χ0v) is 16.4. The third kappa shape index (κ3) is 5.09. The fraction of sp³-hybridized carbons (Fsp3) is 0.364. The fourth-order valence-corrected chi connectivity index (χ4v) is 2.82. The monoisotopic (exact) mass is 368 g/mol. The molecule has 5 nitrogen and oxygen atoms in total. The number of hydrogen-bond acceptors (Lipinski definition) is 4. The van der Waals surface area contributed by atoms with E-state index in [9.17, 15) is 14.7 Å². The zero-order chi connectivity index (χ0) is 20.1. The van der Waals surface area contributed by atoms with E-state index in [4.69, 9.17) is 4.74 Å². The number of benzene rings is 2. The Balaban J connectivity index is 2.24. The van der Waals surface area contributed by atoms with Gasteiger partial charge in [-0.2, -0.15) is 0 Å². The van der Waals surface area contributed by atoms with Crippen molar-refractivity contribution in [3.8, 4) is 5.75 Å². The third-order valence-corrected chi connectivity index (χ3v) is 4.37. The number of hydrogen-bond donors (Lipinski definition) is 1. The summed E-state index contributed by atoms with van der Waals surface area (Å²) in [6.07, 6.45) is -1.06. The molecule has 0 heterocycles. The summed E-state index contributed by atoms with van der Waals surface area (Å²) in [4.78, 5) is 23.5. The normalized spacial score (nSPS) is 12.1. The van der Waals surface area contributed by atoms with Crippen molar-refractivity contribution in [2.45, 2.75) is 52.6 Å². The van der Waals surface area contributed by atoms with E-state index in [-0.39, 0.29) is 17.7 Å². The van der Waals surface area contributed by atoms with Crippen molar-refractivity contribution in [3.05, 3.63) is 59.2 Å². The number of nitrogens with one attached hydrogen (secondary N) is 1. The van der Waals surface area contributed by atoms with Crippen LogP contribution in [0.3, 0.4) is 0 Å². The first-order valence-electron chi connectivity index (χ1n) is 9.12. The van der Waals surface area contributed by atoms with E-state index in [0.717, 1.165) is 16.8 Å². The van der Waals surface area contributed by atoms with Crippen LogP contribution in [0.25, 0.3) is 0 Å². The second-order valence-electron chi connectivity index (χ2n) is 7.18. The van der Waals surface area contributed by atoms with Crippen molar-refractivity contribution in [2.24, 2.45) is 0 Å². The van der Waals surface area contributed by atoms with Gasteiger partial charge in [-0.25, -0.2) is 0 Å². The van der Waals surface area contributed by atoms with Crippen LogP contribution in [0.4, 0.5) is 5.69 Å². The Hall–Kier alpha value is -2.82. The number of carbonyl (C=O) groups is 2. The molecule has 0 unspecified atom stereocenters. The maximum Gasteiger partial charge on any atom is 0.255 e. The summed E-state index contributed by atoms with van der Waals surface area (Å²) in [6.45, 7) is 9.78. The van der Waals surface area contributed by atoms with E-state index in [1.807, 2.05) is 18.2 Å². The van der Waals surface area contributed by atoms with Gasteiger partial charge in [-0.15, -0.1) is 0 Å². The van der Waals surface area contributed by atoms with Gasteiger partial charge in [-0.05, 0) is 54.2 Å². The molecule has 0 bridgehead atoms. The van der Waals surface area contributed by atoms with E-state index >= 15 is 0 Å². The standard InChI is InChI=1S/C22H27NO4/c1-13(2)18-7-6-8-19(14(3)4)20(18)23-21(24)16-9-11-17(12-10-16)27-15(5)22(25)26/h6-15H,1-5H3,(H,23,24)(H,25,26)/p-1/t15-/m1/s1. The van der Waals surface area contributed by atoms with Crippen molar-refractivity contribution in [1.29, 1.82) is 0 Å². The molecule has 0 radical (unpaired) electrons. The van der Waals surface area contributed by atoms with Crippen LogP contribution < -0.4 is 15.2 Å². The molecule has 0 aliphatic heterocycles. The van der Waals surface area contributed by atoms with Crippen molar-refractivity contribution >= 4 is 17.6 Å². The molecule has 0 saturated heterocycles. The molecule has 0 saturated carbocycles. The van der Waals surface area contributed by atoms with E-state index < -0.39 is 12.1 Å². The minimum Gasteiger partial charge on any atom is -0.546 e. The molecule has 2 rings (SSSR count). The van der Waals surface area contributed by atoms with Gasteiger partial charge in [0.1, 0.15) is 11.9 Å². The highest BCUT2D eigenvalue weighted by atomic mass is 16.5. The number of carboxylic acid groups (broad SMARTS) is 1. The highest BCUT2D eigenvalue weighted by Gasteiger charge is 2.17. The van der Waals surface area contributed by atoms with Crippen LogP contribution in [-0.4, -0.2) is 18.0 Å². The van der Waals surface area contributed by atoms with E-state index in [0.29, 0.717) is 11.3 Å². The molecule has 2 aromatic carbocycles. The molecule has 144 valence electrons. The Morgan fingerprint density at radius 3 is 1.85 bits per heavy atom. The van der Waals surface area contributed by atoms with Crippen LogP contribution in [-0.2, 0) is 4.79 Å². The van der Waals surface area contributed by atoms with Crippen LogP contribution in [0.1, 0.15) is 67.9 Å². The second-order valence-corrected chi connectivity index (χ2v) is 7.18. The van der Waals surface area contributed by atoms with Gasteiger partial charge in [0, 0.05) is 11.3 Å². The lowest BCUT2D eigenvalue weighted by Crippen LogP contribution is -2.37. The average molecular weight is 368 g/mol. The number of carboxylic acids is 1. The fourth-order valence-electron chi connectivity index (χ4n) is 2.82. The van der Waals surface area contributed by atoms with E-state index in [1.54, 1.807) is 24.3 Å². The molecule has 2 aromatic rings. The van der Waals surface area contributed by atoms with Gasteiger partial charge in [-0.1, -0.05) is 45.9 Å². The van der Waals surface area contributed by atoms with Crippen LogP contribution in [0.15, 0.2) is 42.5 Å². The van der Waals surface area contributed by atoms with Gasteiger partial charge in [0.25, 0.3) is 5.91 Å². The molecule has 1 N–H and O–H groups in total. The van der Waals surface area contributed by atoms with Crippen molar-refractivity contribution in [2.75, 3.05) is 5.32 Å². The number of amides is 1. The predicted octanol–water partition coefficient (Wildman–Crippen LogP) is 3.70. The Morgan fingerprint density at radius 2 is 1.41 bits per heavy atom. The SMILES string of the molecule is CC(C)c1cccc(C(C)C)c1NC(=O)c1ccc(O[C@H](C)C(=O)[O-])cc1. The number of para-hydroxylation sites is 1. The summed E-state index contributed by atoms with van der Waals surface area (Å²) in [5.74, 6) is -0.580. The molecule has 0 fully saturated rings. The topological polar surface area (TPSA) is 78.5 Å². The van der Waals surface area contributed by atoms with Crippen molar-refractivity contribution in [3.63, 3.8) is 0 Å². The molecule has 1 atom stereocenters. The molecule has 5 heteroatoms. The number of carbonyl (C=O) groups excluding carboxylic acids is 2. The van der Waals surface area contributed by atoms with Gasteiger partial charge in [-0.3, -0.25) is 4.79 Å². The first-order chi connectivity index (χ1) is 12.7. The Morgan fingerprint density at radius 1 is 0.889 bits per heavy atom. The van der Waals surface area contributed by atoms with E-state index in [1.165, 1.54) is 6.92 Å². The molecule has 27 heavy (non-hydrogen) atoms. The number of anilines is 1. The van der Waals surface area contributed by atoms with Gasteiger partial charge in [0.2, 0.25) is 0 Å². The maximum atomic E-state index is 12.7. The molecule has 0 aliphatic carbocycles. The van der Waals surface area contributed by atoms with Gasteiger partial charge in [0.05, 0.1) is 5.97 Å². The van der Waals surface area contributed by atoms with E-state index in [2.05, 4.69) is 33.0 Å². The number of aliphatic carboxylic acids is 1. The quantitative estimate of drug-likeness (QED) is 0.808. The van der Waals surface area contributed by atoms with Gasteiger partial charge in [0.15, 0.2) is 0 Å². The van der Waals surface area contributed by atoms with Crippen LogP contribution >= 0.6 is 0 Å². The molecular formula is C22H26NO4-. The lowest BCUT2D eigenvalue weighted by molar-refractivity contribution is -0.312. The van der Waals surface area contributed by atoms with Crippen molar-refractivity contribution < 1.29 is 19.4 Å². The molecule has 0 aliphatic rings. The van der Waals surface area contributed by atoms with Crippen LogP contribution in [0.2, 0.25) is 0 Å². The maximum absolute atomic E-state index is 12.7. The first-order valence-corrected chi connectivity index (χ1v) is 9.12. The lowest BCUT2D eigenvalue weighted by atomic mass is 9.92. The summed E-state index contributed by atoms with van der Waals surface area (Å²) < 4.78 is 5.24. The Bertz CT molecular complexity index is 783. The smallest absolute Gasteiger partial charge is 0.255 e. The summed E-state index contributed by atoms with van der Waals surface area (Å²) in [6, 6.07) is 12.5. The molecule has 1 amide bonds. The van der Waals surface area contributed by atoms with Crippen molar-refractivity contribution in [1.82, 2.24) is 0 Å². The summed E-state index contributed by atoms with van der Waals surface area (Å²) in [7, 11) is 0. The average Bonchev–Trinajstić information content (AvgIpc) is 2.61. The number of ether oxygens (including phenoxy) is 1. The van der Waals surface area contributed by atoms with Crippen LogP contribution in [0, 0.1) is 0 Å². The summed E-state index contributed by atoms with van der Waals surface area (Å²) in [5, 5.41) is 13.8. The Kier molecular flexibility index (Phi) is 6.61. The molecular weight excluding hydrogens is 342 g/mol. The highest BCUT2D eigenvalue weighted by molar-refractivity contribution is 6.05. The second kappa shape index (κ2) is 8.71. The summed E-state index contributed by atoms with van der Waals surface area (Å²) >= 11 is 0. The summed E-state index contributed by atoms with van der Waals surface area (Å²) in [5.41, 5.74) is 3.52. The number of rotatable bonds is 7. The Labute approximate surface area is 160 Å². The highest BCUT2D eigenvalue weighted by Crippen LogP contribution is 2.32. The molecule has 0 aromatic heterocycles. The molecule has 0 spiro atoms. The van der Waals surface area contributed by atoms with Gasteiger partial charge < -0.3 is 20.0 Å². The minimum atomic E-state index is -1.29. The lowest BCUT2D eigenvalue weighted by Gasteiger charge is -2.20. The largest absolute Gasteiger partial charge is 0.546 e. The predicted molar refractivity (Wildman–Crippen MR) is 104 cm³/mol. The zero-order valence-electron chi connectivity index (χ0n) is 16.4. The third-order valence-electron chi connectivity index (χ3n) is 4.37. The minimum absolute atomic E-state index is 0.218. The van der Waals surface area contributed by atoms with Gasteiger partial charge >= 0.3 is 0 Å². The van der Waals surface area contributed by atoms with Crippen LogP contribution in [0.5, 0.6) is 5.75 Å². The first kappa shape index (κ1) is 20.5.